The molecule has 0 fully saturated rings. The van der Waals surface area contributed by atoms with E-state index in [0.29, 0.717) is 16.6 Å². The molecule has 0 saturated carbocycles. The Morgan fingerprint density at radius 3 is 2.48 bits per heavy atom. The standard InChI is InChI=1S/C17H18N4O5S/c1-20(2)27(23,24)14-8-9-15-16(10-14)21(19-18-15)26-11-12-4-6-13(7-5-12)17(22)25-3/h4-10H,11H2,1-3H3. The average Bonchev–Trinajstić information content (AvgIpc) is 3.08. The summed E-state index contributed by atoms with van der Waals surface area (Å²) < 4.78 is 30.4. The predicted molar refractivity (Wildman–Crippen MR) is 96.5 cm³/mol. The van der Waals surface area contributed by atoms with E-state index in [1.165, 1.54) is 38.2 Å². The Kier molecular flexibility index (Phi) is 5.10. The normalized spacial score (nSPS) is 11.7. The number of ether oxygens (including phenoxy) is 1. The van der Waals surface area contributed by atoms with Gasteiger partial charge in [0.05, 0.1) is 17.6 Å². The molecule has 0 aliphatic heterocycles. The third kappa shape index (κ3) is 3.76. The molecule has 0 spiro atoms. The summed E-state index contributed by atoms with van der Waals surface area (Å²) >= 11 is 0. The summed E-state index contributed by atoms with van der Waals surface area (Å²) in [7, 11) is 0.663. The average molecular weight is 390 g/mol. The van der Waals surface area contributed by atoms with Crippen LogP contribution in [-0.2, 0) is 21.4 Å². The number of rotatable bonds is 6. The van der Waals surface area contributed by atoms with Gasteiger partial charge in [0.2, 0.25) is 10.0 Å². The van der Waals surface area contributed by atoms with Crippen molar-refractivity contribution in [2.75, 3.05) is 21.2 Å². The van der Waals surface area contributed by atoms with Gasteiger partial charge in [0, 0.05) is 14.1 Å². The summed E-state index contributed by atoms with van der Waals surface area (Å²) in [6, 6.07) is 11.2. The molecule has 0 bridgehead atoms. The Labute approximate surface area is 156 Å². The molecular weight excluding hydrogens is 372 g/mol. The lowest BCUT2D eigenvalue weighted by molar-refractivity contribution is 0.0600. The Balaban J connectivity index is 1.82. The fourth-order valence-electron chi connectivity index (χ4n) is 2.34. The number of hydrogen-bond acceptors (Lipinski definition) is 7. The van der Waals surface area contributed by atoms with Crippen LogP contribution in [0.25, 0.3) is 11.0 Å². The number of nitrogens with zero attached hydrogens (tertiary/aromatic N) is 4. The zero-order valence-corrected chi connectivity index (χ0v) is 15.8. The molecule has 1 heterocycles. The van der Waals surface area contributed by atoms with Crippen LogP contribution in [0.3, 0.4) is 0 Å². The molecule has 1 aromatic heterocycles. The minimum Gasteiger partial charge on any atom is -0.465 e. The van der Waals surface area contributed by atoms with Gasteiger partial charge in [0.15, 0.2) is 0 Å². The molecule has 3 aromatic rings. The first-order chi connectivity index (χ1) is 12.8. The highest BCUT2D eigenvalue weighted by Crippen LogP contribution is 2.19. The van der Waals surface area contributed by atoms with Crippen LogP contribution < -0.4 is 4.84 Å². The van der Waals surface area contributed by atoms with Gasteiger partial charge in [-0.3, -0.25) is 0 Å². The van der Waals surface area contributed by atoms with Gasteiger partial charge >= 0.3 is 5.97 Å². The first-order valence-electron chi connectivity index (χ1n) is 7.91. The second-order valence-corrected chi connectivity index (χ2v) is 8.01. The van der Waals surface area contributed by atoms with Crippen molar-refractivity contribution in [1.29, 1.82) is 0 Å². The predicted octanol–water partition coefficient (Wildman–Crippen LogP) is 1.10. The zero-order valence-electron chi connectivity index (χ0n) is 15.0. The number of esters is 1. The maximum absolute atomic E-state index is 12.3. The van der Waals surface area contributed by atoms with Crippen LogP contribution in [0.4, 0.5) is 0 Å². The lowest BCUT2D eigenvalue weighted by atomic mass is 10.1. The van der Waals surface area contributed by atoms with Crippen LogP contribution >= 0.6 is 0 Å². The number of carbonyl (C=O) groups is 1. The fraction of sp³-hybridized carbons (Fsp3) is 0.235. The second-order valence-electron chi connectivity index (χ2n) is 5.86. The number of benzene rings is 2. The molecule has 0 amide bonds. The first-order valence-corrected chi connectivity index (χ1v) is 9.35. The number of methoxy groups -OCH3 is 1. The van der Waals surface area contributed by atoms with Gasteiger partial charge in [-0.2, -0.15) is 0 Å². The van der Waals surface area contributed by atoms with E-state index in [1.807, 2.05) is 0 Å². The molecule has 0 N–H and O–H groups in total. The van der Waals surface area contributed by atoms with Crippen LogP contribution in [0.1, 0.15) is 15.9 Å². The zero-order chi connectivity index (χ0) is 19.6. The van der Waals surface area contributed by atoms with Gasteiger partial charge in [0.1, 0.15) is 17.6 Å². The quantitative estimate of drug-likeness (QED) is 0.581. The Hall–Kier alpha value is -2.98. The van der Waals surface area contributed by atoms with Gasteiger partial charge in [-0.15, -0.1) is 5.10 Å². The molecule has 9 nitrogen and oxygen atoms in total. The van der Waals surface area contributed by atoms with Gasteiger partial charge in [-0.1, -0.05) is 17.0 Å². The van der Waals surface area contributed by atoms with Crippen molar-refractivity contribution < 1.29 is 22.8 Å². The minimum absolute atomic E-state index is 0.120. The molecule has 0 aliphatic rings. The molecule has 0 atom stereocenters. The molecule has 10 heteroatoms. The summed E-state index contributed by atoms with van der Waals surface area (Å²) in [6.45, 7) is 0.157. The van der Waals surface area contributed by atoms with Crippen molar-refractivity contribution >= 4 is 27.0 Å². The Morgan fingerprint density at radius 1 is 1.15 bits per heavy atom. The molecular formula is C17H18N4O5S. The van der Waals surface area contributed by atoms with Crippen molar-refractivity contribution in [3.63, 3.8) is 0 Å². The first kappa shape index (κ1) is 18.8. The summed E-state index contributed by atoms with van der Waals surface area (Å²) in [5, 5.41) is 7.87. The van der Waals surface area contributed by atoms with E-state index in [0.717, 1.165) is 9.87 Å². The van der Waals surface area contributed by atoms with Crippen molar-refractivity contribution in [2.24, 2.45) is 0 Å². The fourth-order valence-corrected chi connectivity index (χ4v) is 3.26. The van der Waals surface area contributed by atoms with Crippen LogP contribution in [0, 0.1) is 0 Å². The van der Waals surface area contributed by atoms with E-state index in [-0.39, 0.29) is 11.5 Å². The van der Waals surface area contributed by atoms with Gasteiger partial charge in [0.25, 0.3) is 0 Å². The lowest BCUT2D eigenvalue weighted by Gasteiger charge is -2.11. The lowest BCUT2D eigenvalue weighted by Crippen LogP contribution is -2.22. The van der Waals surface area contributed by atoms with Gasteiger partial charge in [-0.25, -0.2) is 17.5 Å². The maximum Gasteiger partial charge on any atom is 0.337 e. The van der Waals surface area contributed by atoms with E-state index in [4.69, 9.17) is 4.84 Å². The molecule has 2 aromatic carbocycles. The van der Waals surface area contributed by atoms with Crippen LogP contribution in [-0.4, -0.2) is 55.1 Å². The number of carbonyl (C=O) groups excluding carboxylic acids is 1. The highest BCUT2D eigenvalue weighted by Gasteiger charge is 2.19. The Morgan fingerprint density at radius 2 is 1.85 bits per heavy atom. The van der Waals surface area contributed by atoms with E-state index in [1.54, 1.807) is 30.3 Å². The van der Waals surface area contributed by atoms with Crippen molar-refractivity contribution in [1.82, 2.24) is 19.5 Å². The van der Waals surface area contributed by atoms with Crippen LogP contribution in [0.5, 0.6) is 0 Å². The SMILES string of the molecule is COC(=O)c1ccc(COn2nnc3ccc(S(=O)(=O)N(C)C)cc32)cc1. The van der Waals surface area contributed by atoms with E-state index >= 15 is 0 Å². The largest absolute Gasteiger partial charge is 0.465 e. The van der Waals surface area contributed by atoms with Crippen molar-refractivity contribution in [2.45, 2.75) is 11.5 Å². The third-order valence-corrected chi connectivity index (χ3v) is 5.70. The molecule has 0 saturated heterocycles. The van der Waals surface area contributed by atoms with E-state index < -0.39 is 16.0 Å². The summed E-state index contributed by atoms with van der Waals surface area (Å²) in [4.78, 5) is 18.4. The smallest absolute Gasteiger partial charge is 0.337 e. The number of fused-ring (bicyclic) bond motifs is 1. The molecule has 3 rings (SSSR count). The summed E-state index contributed by atoms with van der Waals surface area (Å²) in [5.74, 6) is -0.417. The van der Waals surface area contributed by atoms with E-state index in [2.05, 4.69) is 15.0 Å². The molecule has 0 unspecified atom stereocenters. The maximum atomic E-state index is 12.3. The monoisotopic (exact) mass is 390 g/mol. The molecule has 27 heavy (non-hydrogen) atoms. The molecule has 0 aliphatic carbocycles. The second kappa shape index (κ2) is 7.33. The third-order valence-electron chi connectivity index (χ3n) is 3.89. The highest BCUT2D eigenvalue weighted by molar-refractivity contribution is 7.89. The van der Waals surface area contributed by atoms with Gasteiger partial charge in [-0.05, 0) is 41.1 Å². The molecule has 142 valence electrons. The Bertz CT molecular complexity index is 1070. The van der Waals surface area contributed by atoms with Crippen LogP contribution in [0.2, 0.25) is 0 Å². The van der Waals surface area contributed by atoms with Crippen molar-refractivity contribution in [3.05, 3.63) is 53.6 Å². The minimum atomic E-state index is -3.58. The van der Waals surface area contributed by atoms with E-state index in [9.17, 15) is 13.2 Å². The number of sulfonamides is 1. The van der Waals surface area contributed by atoms with Crippen molar-refractivity contribution in [3.8, 4) is 0 Å². The van der Waals surface area contributed by atoms with Crippen LogP contribution in [0.15, 0.2) is 47.4 Å². The highest BCUT2D eigenvalue weighted by atomic mass is 32.2. The number of hydrogen-bond donors (Lipinski definition) is 0. The molecule has 0 radical (unpaired) electrons. The summed E-state index contributed by atoms with van der Waals surface area (Å²) in [5.41, 5.74) is 2.17. The topological polar surface area (TPSA) is 104 Å². The number of aromatic nitrogens is 3. The summed E-state index contributed by atoms with van der Waals surface area (Å²) in [6.07, 6.45) is 0. The van der Waals surface area contributed by atoms with Gasteiger partial charge < -0.3 is 9.57 Å².